The SMILES string of the molecule is CN(CC1(O)CCOCC1)c1ccc(N)cc1I. The lowest BCUT2D eigenvalue weighted by Gasteiger charge is -2.36. The van der Waals surface area contributed by atoms with Crippen LogP contribution in [0.25, 0.3) is 0 Å². The molecule has 0 bridgehead atoms. The predicted octanol–water partition coefficient (Wildman–Crippen LogP) is 1.85. The number of hydrogen-bond acceptors (Lipinski definition) is 4. The number of likely N-dealkylation sites (N-methyl/N-ethyl adjacent to an activating group) is 1. The number of nitrogens with two attached hydrogens (primary N) is 1. The molecule has 4 nitrogen and oxygen atoms in total. The van der Waals surface area contributed by atoms with Gasteiger partial charge in [-0.25, -0.2) is 0 Å². The van der Waals surface area contributed by atoms with Gasteiger partial charge in [-0.2, -0.15) is 0 Å². The number of nitrogens with zero attached hydrogens (tertiary/aromatic N) is 1. The summed E-state index contributed by atoms with van der Waals surface area (Å²) in [7, 11) is 2.00. The Morgan fingerprint density at radius 1 is 1.44 bits per heavy atom. The van der Waals surface area contributed by atoms with Crippen molar-refractivity contribution in [2.45, 2.75) is 18.4 Å². The monoisotopic (exact) mass is 362 g/mol. The summed E-state index contributed by atoms with van der Waals surface area (Å²) in [6.45, 7) is 1.91. The summed E-state index contributed by atoms with van der Waals surface area (Å²) >= 11 is 2.27. The lowest BCUT2D eigenvalue weighted by atomic mass is 9.94. The van der Waals surface area contributed by atoms with Crippen molar-refractivity contribution >= 4 is 34.0 Å². The third-order valence-corrected chi connectivity index (χ3v) is 4.20. The number of ether oxygens (including phenoxy) is 1. The zero-order valence-corrected chi connectivity index (χ0v) is 12.7. The van der Waals surface area contributed by atoms with E-state index >= 15 is 0 Å². The first-order valence-corrected chi connectivity index (χ1v) is 7.14. The minimum absolute atomic E-state index is 0.621. The number of benzene rings is 1. The third-order valence-electron chi connectivity index (χ3n) is 3.34. The van der Waals surface area contributed by atoms with E-state index in [1.54, 1.807) is 0 Å². The van der Waals surface area contributed by atoms with E-state index in [0.29, 0.717) is 32.6 Å². The van der Waals surface area contributed by atoms with Gasteiger partial charge in [-0.15, -0.1) is 0 Å². The third kappa shape index (κ3) is 3.27. The molecule has 1 fully saturated rings. The molecule has 0 amide bonds. The molecule has 0 spiro atoms. The van der Waals surface area contributed by atoms with Crippen molar-refractivity contribution < 1.29 is 9.84 Å². The molecule has 0 unspecified atom stereocenters. The average Bonchev–Trinajstić information content (AvgIpc) is 2.28. The molecule has 1 saturated heterocycles. The number of anilines is 2. The topological polar surface area (TPSA) is 58.7 Å². The summed E-state index contributed by atoms with van der Waals surface area (Å²) in [5.74, 6) is 0. The fourth-order valence-electron chi connectivity index (χ4n) is 2.27. The fraction of sp³-hybridized carbons (Fsp3) is 0.538. The molecule has 0 radical (unpaired) electrons. The maximum absolute atomic E-state index is 10.5. The minimum atomic E-state index is -0.641. The second kappa shape index (κ2) is 5.63. The van der Waals surface area contributed by atoms with Gasteiger partial charge in [0.1, 0.15) is 0 Å². The summed E-state index contributed by atoms with van der Waals surface area (Å²) in [5, 5.41) is 10.5. The van der Waals surface area contributed by atoms with Crippen molar-refractivity contribution in [3.8, 4) is 0 Å². The van der Waals surface area contributed by atoms with Crippen LogP contribution in [-0.4, -0.2) is 37.5 Å². The summed E-state index contributed by atoms with van der Waals surface area (Å²) in [5.41, 5.74) is 6.97. The standard InChI is InChI=1S/C13H19IN2O2/c1-16(9-13(17)4-6-18-7-5-13)12-3-2-10(15)8-11(12)14/h2-3,8,17H,4-7,9,15H2,1H3. The predicted molar refractivity (Wildman–Crippen MR) is 81.8 cm³/mol. The molecule has 18 heavy (non-hydrogen) atoms. The van der Waals surface area contributed by atoms with Crippen LogP contribution in [0.1, 0.15) is 12.8 Å². The summed E-state index contributed by atoms with van der Waals surface area (Å²) in [6, 6.07) is 5.84. The summed E-state index contributed by atoms with van der Waals surface area (Å²) < 4.78 is 6.40. The van der Waals surface area contributed by atoms with Crippen LogP contribution in [-0.2, 0) is 4.74 Å². The highest BCUT2D eigenvalue weighted by Gasteiger charge is 2.31. The van der Waals surface area contributed by atoms with Crippen molar-refractivity contribution in [3.05, 3.63) is 21.8 Å². The fourth-order valence-corrected chi connectivity index (χ4v) is 3.22. The van der Waals surface area contributed by atoms with E-state index < -0.39 is 5.60 Å². The second-order valence-electron chi connectivity index (χ2n) is 4.90. The molecule has 1 aliphatic rings. The van der Waals surface area contributed by atoms with Crippen LogP contribution >= 0.6 is 22.6 Å². The number of nitrogen functional groups attached to an aromatic ring is 1. The van der Waals surface area contributed by atoms with E-state index in [1.807, 2.05) is 25.2 Å². The van der Waals surface area contributed by atoms with Crippen LogP contribution in [0.3, 0.4) is 0 Å². The van der Waals surface area contributed by atoms with Crippen LogP contribution in [0.2, 0.25) is 0 Å². The van der Waals surface area contributed by atoms with Gasteiger partial charge in [0, 0.05) is 48.9 Å². The normalized spacial score (nSPS) is 18.6. The Bertz CT molecular complexity index is 419. The van der Waals surface area contributed by atoms with Crippen molar-refractivity contribution in [2.24, 2.45) is 0 Å². The van der Waals surface area contributed by atoms with E-state index in [-0.39, 0.29) is 0 Å². The molecule has 3 N–H and O–H groups in total. The molecule has 0 atom stereocenters. The Kier molecular flexibility index (Phi) is 4.34. The van der Waals surface area contributed by atoms with Gasteiger partial charge in [0.15, 0.2) is 0 Å². The van der Waals surface area contributed by atoms with Gasteiger partial charge in [0.05, 0.1) is 11.3 Å². The molecule has 100 valence electrons. The molecule has 2 rings (SSSR count). The van der Waals surface area contributed by atoms with Crippen LogP contribution in [0.15, 0.2) is 18.2 Å². The van der Waals surface area contributed by atoms with Crippen LogP contribution < -0.4 is 10.6 Å². The number of hydrogen-bond donors (Lipinski definition) is 2. The highest BCUT2D eigenvalue weighted by molar-refractivity contribution is 14.1. The number of rotatable bonds is 3. The Balaban J connectivity index is 2.08. The zero-order valence-electron chi connectivity index (χ0n) is 10.5. The summed E-state index contributed by atoms with van der Waals surface area (Å²) in [6.07, 6.45) is 1.39. The smallest absolute Gasteiger partial charge is 0.0865 e. The molecule has 1 aromatic rings. The largest absolute Gasteiger partial charge is 0.399 e. The van der Waals surface area contributed by atoms with Gasteiger partial charge < -0.3 is 20.5 Å². The Labute approximate surface area is 121 Å². The first-order chi connectivity index (χ1) is 8.50. The van der Waals surface area contributed by atoms with Crippen molar-refractivity contribution in [2.75, 3.05) is 37.4 Å². The molecule has 5 heteroatoms. The maximum Gasteiger partial charge on any atom is 0.0865 e. The molecular weight excluding hydrogens is 343 g/mol. The molecule has 1 aromatic carbocycles. The first-order valence-electron chi connectivity index (χ1n) is 6.06. The minimum Gasteiger partial charge on any atom is -0.399 e. The van der Waals surface area contributed by atoms with Gasteiger partial charge in [-0.3, -0.25) is 0 Å². The van der Waals surface area contributed by atoms with Crippen molar-refractivity contribution in [1.82, 2.24) is 0 Å². The highest BCUT2D eigenvalue weighted by Crippen LogP contribution is 2.28. The number of aliphatic hydroxyl groups is 1. The Morgan fingerprint density at radius 3 is 2.72 bits per heavy atom. The van der Waals surface area contributed by atoms with E-state index in [0.717, 1.165) is 14.9 Å². The molecule has 0 aliphatic carbocycles. The van der Waals surface area contributed by atoms with Crippen LogP contribution in [0.4, 0.5) is 11.4 Å². The van der Waals surface area contributed by atoms with E-state index in [9.17, 15) is 5.11 Å². The summed E-state index contributed by atoms with van der Waals surface area (Å²) in [4.78, 5) is 2.09. The Morgan fingerprint density at radius 2 is 2.11 bits per heavy atom. The van der Waals surface area contributed by atoms with Gasteiger partial charge in [0.2, 0.25) is 0 Å². The van der Waals surface area contributed by atoms with Gasteiger partial charge in [-0.1, -0.05) is 0 Å². The van der Waals surface area contributed by atoms with Gasteiger partial charge in [0.25, 0.3) is 0 Å². The molecule has 0 saturated carbocycles. The molecule has 0 aromatic heterocycles. The quantitative estimate of drug-likeness (QED) is 0.637. The molecule has 1 heterocycles. The van der Waals surface area contributed by atoms with Crippen LogP contribution in [0.5, 0.6) is 0 Å². The van der Waals surface area contributed by atoms with Gasteiger partial charge >= 0.3 is 0 Å². The molecule has 1 aliphatic heterocycles. The van der Waals surface area contributed by atoms with Crippen LogP contribution in [0, 0.1) is 3.57 Å². The second-order valence-corrected chi connectivity index (χ2v) is 6.07. The average molecular weight is 362 g/mol. The van der Waals surface area contributed by atoms with Crippen molar-refractivity contribution in [3.63, 3.8) is 0 Å². The zero-order chi connectivity index (χ0) is 13.2. The van der Waals surface area contributed by atoms with E-state index in [2.05, 4.69) is 27.5 Å². The van der Waals surface area contributed by atoms with Gasteiger partial charge in [-0.05, 0) is 40.8 Å². The Hall–Kier alpha value is -0.530. The maximum atomic E-state index is 10.5. The van der Waals surface area contributed by atoms with E-state index in [1.165, 1.54) is 0 Å². The highest BCUT2D eigenvalue weighted by atomic mass is 127. The van der Waals surface area contributed by atoms with E-state index in [4.69, 9.17) is 10.5 Å². The van der Waals surface area contributed by atoms with Crippen molar-refractivity contribution in [1.29, 1.82) is 0 Å². The molecular formula is C13H19IN2O2. The lowest BCUT2D eigenvalue weighted by molar-refractivity contribution is -0.0572. The first kappa shape index (κ1) is 13.9. The number of halogens is 1. The lowest BCUT2D eigenvalue weighted by Crippen LogP contribution is -2.45.